The maximum atomic E-state index is 9.91. The number of benzene rings is 6. The largest absolute Gasteiger partial charge is 0.309 e. The summed E-state index contributed by atoms with van der Waals surface area (Å²) < 4.78 is 5.01. The molecule has 0 unspecified atom stereocenters. The summed E-state index contributed by atoms with van der Waals surface area (Å²) in [7, 11) is 0. The normalized spacial score (nSPS) is 13.5. The zero-order chi connectivity index (χ0) is 28.9. The first-order valence-electron chi connectivity index (χ1n) is 14.7. The molecule has 2 nitrogen and oxygen atoms in total. The van der Waals surface area contributed by atoms with Gasteiger partial charge in [0.05, 0.1) is 28.4 Å². The van der Waals surface area contributed by atoms with Crippen LogP contribution in [0.1, 0.15) is 30.5 Å². The smallest absolute Gasteiger partial charge is 0.0991 e. The van der Waals surface area contributed by atoms with Gasteiger partial charge in [-0.1, -0.05) is 92.7 Å². The minimum Gasteiger partial charge on any atom is -0.309 e. The van der Waals surface area contributed by atoms with Crippen molar-refractivity contribution in [2.75, 3.05) is 0 Å². The third kappa shape index (κ3) is 3.27. The van der Waals surface area contributed by atoms with Gasteiger partial charge in [0, 0.05) is 41.9 Å². The molecule has 0 N–H and O–H groups in total. The number of para-hydroxylation sites is 2. The fraction of sp³-hybridized carbons (Fsp3) is 0.0750. The van der Waals surface area contributed by atoms with Gasteiger partial charge in [0.15, 0.2) is 0 Å². The van der Waals surface area contributed by atoms with Crippen molar-refractivity contribution in [1.82, 2.24) is 4.57 Å². The molecule has 2 heterocycles. The van der Waals surface area contributed by atoms with Gasteiger partial charge in [0.1, 0.15) is 0 Å². The molecule has 0 amide bonds. The van der Waals surface area contributed by atoms with Crippen molar-refractivity contribution in [3.8, 4) is 34.0 Å². The Balaban J connectivity index is 1.31. The molecule has 0 atom stereocenters. The Labute approximate surface area is 253 Å². The molecule has 0 radical (unpaired) electrons. The van der Waals surface area contributed by atoms with Crippen LogP contribution in [-0.2, 0) is 5.41 Å². The van der Waals surface area contributed by atoms with E-state index in [-0.39, 0.29) is 5.41 Å². The Morgan fingerprint density at radius 1 is 0.628 bits per heavy atom. The van der Waals surface area contributed by atoms with E-state index in [0.29, 0.717) is 5.56 Å². The Hall–Kier alpha value is -5.17. The predicted octanol–water partition coefficient (Wildman–Crippen LogP) is 11.0. The second-order valence-corrected chi connectivity index (χ2v) is 13.1. The molecule has 1 aliphatic carbocycles. The van der Waals surface area contributed by atoms with Crippen LogP contribution in [-0.4, -0.2) is 4.57 Å². The third-order valence-electron chi connectivity index (χ3n) is 9.41. The van der Waals surface area contributed by atoms with Gasteiger partial charge < -0.3 is 4.57 Å². The van der Waals surface area contributed by atoms with E-state index in [4.69, 9.17) is 0 Å². The van der Waals surface area contributed by atoms with Crippen molar-refractivity contribution in [3.63, 3.8) is 0 Å². The first-order chi connectivity index (χ1) is 21.0. The molecule has 0 spiro atoms. The van der Waals surface area contributed by atoms with Crippen molar-refractivity contribution >= 4 is 53.3 Å². The summed E-state index contributed by atoms with van der Waals surface area (Å²) in [5.41, 5.74) is 11.7. The summed E-state index contributed by atoms with van der Waals surface area (Å²) in [6, 6.07) is 46.0. The highest BCUT2D eigenvalue weighted by atomic mass is 32.1. The summed E-state index contributed by atoms with van der Waals surface area (Å²) in [6.07, 6.45) is 0. The predicted molar refractivity (Wildman–Crippen MR) is 181 cm³/mol. The van der Waals surface area contributed by atoms with Crippen LogP contribution in [0.5, 0.6) is 0 Å². The van der Waals surface area contributed by atoms with Gasteiger partial charge >= 0.3 is 0 Å². The van der Waals surface area contributed by atoms with Crippen LogP contribution in [0, 0.1) is 11.3 Å². The Kier molecular flexibility index (Phi) is 4.93. The summed E-state index contributed by atoms with van der Waals surface area (Å²) in [4.78, 5) is 0. The number of nitrogens with zero attached hydrogens (tertiary/aromatic N) is 2. The SMILES string of the molecule is CC1(C)c2ccccc2-c2ccc3c(sc4ccc(-c5cc(C#N)ccc5-n5c6ccccc6c6ccccc65)cc43)c21. The van der Waals surface area contributed by atoms with Gasteiger partial charge in [0.25, 0.3) is 0 Å². The Morgan fingerprint density at radius 3 is 2.12 bits per heavy atom. The first-order valence-corrected chi connectivity index (χ1v) is 15.5. The molecule has 3 heteroatoms. The third-order valence-corrected chi connectivity index (χ3v) is 10.6. The molecule has 6 aromatic carbocycles. The molecule has 0 aliphatic heterocycles. The lowest BCUT2D eigenvalue weighted by Gasteiger charge is -2.22. The van der Waals surface area contributed by atoms with Gasteiger partial charge in [-0.3, -0.25) is 0 Å². The van der Waals surface area contributed by atoms with E-state index in [2.05, 4.69) is 134 Å². The minimum absolute atomic E-state index is 0.0556. The van der Waals surface area contributed by atoms with Crippen LogP contribution in [0.15, 0.2) is 121 Å². The van der Waals surface area contributed by atoms with Gasteiger partial charge in [-0.05, 0) is 70.3 Å². The zero-order valence-corrected chi connectivity index (χ0v) is 24.7. The Morgan fingerprint density at radius 2 is 1.35 bits per heavy atom. The van der Waals surface area contributed by atoms with Gasteiger partial charge in [-0.2, -0.15) is 5.26 Å². The van der Waals surface area contributed by atoms with E-state index in [0.717, 1.165) is 27.8 Å². The molecule has 2 aromatic heterocycles. The van der Waals surface area contributed by atoms with E-state index in [9.17, 15) is 5.26 Å². The van der Waals surface area contributed by atoms with Crippen LogP contribution in [0.3, 0.4) is 0 Å². The summed E-state index contributed by atoms with van der Waals surface area (Å²) in [5.74, 6) is 0. The van der Waals surface area contributed by atoms with Gasteiger partial charge in [-0.15, -0.1) is 11.3 Å². The van der Waals surface area contributed by atoms with Gasteiger partial charge in [0.2, 0.25) is 0 Å². The second kappa shape index (κ2) is 8.67. The van der Waals surface area contributed by atoms with Crippen molar-refractivity contribution < 1.29 is 0 Å². The fourth-order valence-electron chi connectivity index (χ4n) is 7.46. The molecule has 0 saturated carbocycles. The lowest BCUT2D eigenvalue weighted by molar-refractivity contribution is 0.667. The molecule has 0 bridgehead atoms. The lowest BCUT2D eigenvalue weighted by atomic mass is 9.82. The van der Waals surface area contributed by atoms with E-state index in [1.54, 1.807) is 0 Å². The monoisotopic (exact) mass is 566 g/mol. The van der Waals surface area contributed by atoms with Crippen LogP contribution < -0.4 is 0 Å². The molecule has 8 aromatic rings. The highest BCUT2D eigenvalue weighted by Gasteiger charge is 2.37. The molecule has 0 fully saturated rings. The van der Waals surface area contributed by atoms with E-state index >= 15 is 0 Å². The summed E-state index contributed by atoms with van der Waals surface area (Å²) in [5, 5.41) is 14.9. The molecule has 0 saturated heterocycles. The number of fused-ring (bicyclic) bond motifs is 10. The van der Waals surface area contributed by atoms with Crippen molar-refractivity contribution in [3.05, 3.63) is 138 Å². The zero-order valence-electron chi connectivity index (χ0n) is 23.8. The van der Waals surface area contributed by atoms with Crippen molar-refractivity contribution in [2.45, 2.75) is 19.3 Å². The topological polar surface area (TPSA) is 28.7 Å². The molecule has 1 aliphatic rings. The molecule has 43 heavy (non-hydrogen) atoms. The molecule has 202 valence electrons. The second-order valence-electron chi connectivity index (χ2n) is 12.1. The lowest BCUT2D eigenvalue weighted by Crippen LogP contribution is -2.14. The first kappa shape index (κ1) is 24.4. The van der Waals surface area contributed by atoms with Crippen LogP contribution in [0.2, 0.25) is 0 Å². The Bertz CT molecular complexity index is 2450. The van der Waals surface area contributed by atoms with E-state index < -0.39 is 0 Å². The summed E-state index contributed by atoms with van der Waals surface area (Å²) in [6.45, 7) is 4.72. The van der Waals surface area contributed by atoms with Crippen molar-refractivity contribution in [2.24, 2.45) is 0 Å². The van der Waals surface area contributed by atoms with Gasteiger partial charge in [-0.25, -0.2) is 0 Å². The maximum Gasteiger partial charge on any atom is 0.0991 e. The van der Waals surface area contributed by atoms with Crippen LogP contribution in [0.4, 0.5) is 0 Å². The number of rotatable bonds is 2. The number of nitriles is 1. The number of hydrogen-bond donors (Lipinski definition) is 0. The molecular weight excluding hydrogens is 541 g/mol. The standard InChI is InChI=1S/C40H26N2S/c1-40(2)33-12-6-3-9-26(33)29-17-18-30-32-22-25(16-20-37(32)43-39(30)38(29)40)31-21-24(23-41)15-19-36(31)42-34-13-7-4-10-27(34)28-11-5-8-14-35(28)42/h3-22H,1-2H3. The quantitative estimate of drug-likeness (QED) is 0.205. The maximum absolute atomic E-state index is 9.91. The van der Waals surface area contributed by atoms with E-state index in [1.165, 1.54) is 53.2 Å². The average Bonchev–Trinajstić information content (AvgIpc) is 3.66. The van der Waals surface area contributed by atoms with E-state index in [1.807, 2.05) is 23.5 Å². The average molecular weight is 567 g/mol. The number of hydrogen-bond acceptors (Lipinski definition) is 2. The van der Waals surface area contributed by atoms with Crippen LogP contribution >= 0.6 is 11.3 Å². The number of thiophene rings is 1. The molecular formula is C40H26N2S. The fourth-order valence-corrected chi connectivity index (χ4v) is 8.85. The highest BCUT2D eigenvalue weighted by molar-refractivity contribution is 7.26. The highest BCUT2D eigenvalue weighted by Crippen LogP contribution is 2.54. The van der Waals surface area contributed by atoms with Crippen molar-refractivity contribution in [1.29, 1.82) is 5.26 Å². The number of aromatic nitrogens is 1. The van der Waals surface area contributed by atoms with Crippen LogP contribution in [0.25, 0.3) is 69.9 Å². The summed E-state index contributed by atoms with van der Waals surface area (Å²) >= 11 is 1.90. The minimum atomic E-state index is -0.0556. The molecule has 9 rings (SSSR count).